The van der Waals surface area contributed by atoms with Gasteiger partial charge in [-0.1, -0.05) is 12.1 Å². The van der Waals surface area contributed by atoms with Crippen molar-refractivity contribution in [3.05, 3.63) is 59.9 Å². The molecule has 1 aromatic heterocycles. The van der Waals surface area contributed by atoms with Crippen molar-refractivity contribution in [2.45, 2.75) is 6.92 Å². The second-order valence-electron chi connectivity index (χ2n) is 4.00. The van der Waals surface area contributed by atoms with Crippen molar-refractivity contribution >= 4 is 17.8 Å². The summed E-state index contributed by atoms with van der Waals surface area (Å²) in [6.07, 6.45) is 3.06. The predicted octanol–water partition coefficient (Wildman–Crippen LogP) is 1.49. The summed E-state index contributed by atoms with van der Waals surface area (Å²) in [4.78, 5) is 35.3. The normalized spacial score (nSPS) is 9.14. The van der Waals surface area contributed by atoms with Gasteiger partial charge in [-0.25, -0.2) is 4.79 Å². The molecular formula is C15H14N2O5. The van der Waals surface area contributed by atoms with Gasteiger partial charge in [0.2, 0.25) is 5.91 Å². The molecule has 0 aliphatic carbocycles. The van der Waals surface area contributed by atoms with Gasteiger partial charge in [0, 0.05) is 24.9 Å². The number of aromatic carboxylic acids is 1. The monoisotopic (exact) mass is 302 g/mol. The first-order chi connectivity index (χ1) is 10.4. The Morgan fingerprint density at radius 1 is 1.09 bits per heavy atom. The Hall–Kier alpha value is -3.22. The molecule has 114 valence electrons. The number of para-hydroxylation sites is 1. The molecule has 0 spiro atoms. The maximum atomic E-state index is 10.6. The van der Waals surface area contributed by atoms with Gasteiger partial charge >= 0.3 is 11.9 Å². The average Bonchev–Trinajstić information content (AvgIpc) is 2.48. The molecule has 0 bridgehead atoms. The summed E-state index contributed by atoms with van der Waals surface area (Å²) in [5.74, 6) is -1.99. The fraction of sp³-hybridized carbons (Fsp3) is 0.0667. The van der Waals surface area contributed by atoms with E-state index in [0.29, 0.717) is 5.56 Å². The van der Waals surface area contributed by atoms with Gasteiger partial charge in [-0.3, -0.25) is 14.6 Å². The van der Waals surface area contributed by atoms with Crippen LogP contribution in [0.15, 0.2) is 48.8 Å². The highest BCUT2D eigenvalue weighted by Crippen LogP contribution is 2.17. The fourth-order valence-corrected chi connectivity index (χ4v) is 1.40. The standard InChI is InChI=1S/C9H8O4.C6H6N2O/c1-6(10)13-8-5-3-2-4-7(8)9(11)12;7-6(9)5-1-3-8-4-2-5/h2-5H,1H3,(H,11,12);1-4H,(H2,7,9). The van der Waals surface area contributed by atoms with Crippen LogP contribution in [0.4, 0.5) is 0 Å². The number of carboxylic acid groups (broad SMARTS) is 1. The minimum atomic E-state index is -1.11. The zero-order chi connectivity index (χ0) is 16.5. The second kappa shape index (κ2) is 8.15. The van der Waals surface area contributed by atoms with Gasteiger partial charge in [-0.05, 0) is 24.3 Å². The molecule has 0 saturated carbocycles. The highest BCUT2D eigenvalue weighted by molar-refractivity contribution is 5.92. The molecule has 0 aliphatic rings. The summed E-state index contributed by atoms with van der Waals surface area (Å²) in [6.45, 7) is 1.22. The highest BCUT2D eigenvalue weighted by atomic mass is 16.5. The number of primary amides is 1. The highest BCUT2D eigenvalue weighted by Gasteiger charge is 2.10. The first-order valence-corrected chi connectivity index (χ1v) is 6.12. The Labute approximate surface area is 126 Å². The minimum Gasteiger partial charge on any atom is -0.478 e. The molecule has 0 atom stereocenters. The number of carbonyl (C=O) groups excluding carboxylic acids is 2. The number of nitrogens with two attached hydrogens (primary N) is 1. The van der Waals surface area contributed by atoms with E-state index in [4.69, 9.17) is 10.8 Å². The number of pyridine rings is 1. The zero-order valence-corrected chi connectivity index (χ0v) is 11.7. The molecule has 0 saturated heterocycles. The van der Waals surface area contributed by atoms with E-state index in [1.807, 2.05) is 0 Å². The SMILES string of the molecule is CC(=O)Oc1ccccc1C(=O)O.NC(=O)c1ccncc1. The van der Waals surface area contributed by atoms with E-state index in [1.54, 1.807) is 24.3 Å². The Morgan fingerprint density at radius 2 is 1.68 bits per heavy atom. The van der Waals surface area contributed by atoms with Gasteiger partial charge in [0.1, 0.15) is 11.3 Å². The van der Waals surface area contributed by atoms with Gasteiger partial charge in [0.25, 0.3) is 0 Å². The van der Waals surface area contributed by atoms with E-state index in [2.05, 4.69) is 9.72 Å². The molecule has 7 nitrogen and oxygen atoms in total. The lowest BCUT2D eigenvalue weighted by atomic mass is 10.2. The number of carboxylic acids is 1. The van der Waals surface area contributed by atoms with Crippen LogP contribution >= 0.6 is 0 Å². The molecular weight excluding hydrogens is 288 g/mol. The molecule has 2 rings (SSSR count). The van der Waals surface area contributed by atoms with Crippen LogP contribution in [0.25, 0.3) is 0 Å². The second-order valence-corrected chi connectivity index (χ2v) is 4.00. The first-order valence-electron chi connectivity index (χ1n) is 6.12. The first kappa shape index (κ1) is 16.8. The van der Waals surface area contributed by atoms with E-state index in [-0.39, 0.29) is 11.3 Å². The van der Waals surface area contributed by atoms with Gasteiger partial charge in [-0.15, -0.1) is 0 Å². The number of rotatable bonds is 3. The molecule has 2 aromatic rings. The van der Waals surface area contributed by atoms with Crippen LogP contribution in [0.2, 0.25) is 0 Å². The molecule has 0 unspecified atom stereocenters. The number of nitrogens with zero attached hydrogens (tertiary/aromatic N) is 1. The number of benzene rings is 1. The van der Waals surface area contributed by atoms with Crippen molar-refractivity contribution in [1.29, 1.82) is 0 Å². The van der Waals surface area contributed by atoms with Gasteiger partial charge in [-0.2, -0.15) is 0 Å². The van der Waals surface area contributed by atoms with Crippen LogP contribution in [-0.2, 0) is 4.79 Å². The summed E-state index contributed by atoms with van der Waals surface area (Å²) in [5.41, 5.74) is 5.42. The number of hydrogen-bond donors (Lipinski definition) is 2. The van der Waals surface area contributed by atoms with E-state index in [9.17, 15) is 14.4 Å². The molecule has 3 N–H and O–H groups in total. The number of aromatic nitrogens is 1. The molecule has 0 aliphatic heterocycles. The lowest BCUT2D eigenvalue weighted by molar-refractivity contribution is -0.131. The van der Waals surface area contributed by atoms with Gasteiger partial charge in [0.05, 0.1) is 0 Å². The summed E-state index contributed by atoms with van der Waals surface area (Å²) in [7, 11) is 0. The Kier molecular flexibility index (Phi) is 6.24. The molecule has 1 aromatic carbocycles. The number of hydrogen-bond acceptors (Lipinski definition) is 5. The summed E-state index contributed by atoms with van der Waals surface area (Å²) >= 11 is 0. The van der Waals surface area contributed by atoms with Crippen LogP contribution in [-0.4, -0.2) is 27.9 Å². The smallest absolute Gasteiger partial charge is 0.339 e. The molecule has 0 fully saturated rings. The number of carbonyl (C=O) groups is 3. The van der Waals surface area contributed by atoms with Crippen molar-refractivity contribution in [2.75, 3.05) is 0 Å². The van der Waals surface area contributed by atoms with Crippen molar-refractivity contribution in [1.82, 2.24) is 4.98 Å². The van der Waals surface area contributed by atoms with Gasteiger partial charge < -0.3 is 15.6 Å². The van der Waals surface area contributed by atoms with Crippen LogP contribution in [0.5, 0.6) is 5.75 Å². The largest absolute Gasteiger partial charge is 0.478 e. The Bertz CT molecular complexity index is 671. The Morgan fingerprint density at radius 3 is 2.14 bits per heavy atom. The van der Waals surface area contributed by atoms with Crippen LogP contribution in [0.3, 0.4) is 0 Å². The van der Waals surface area contributed by atoms with Crippen molar-refractivity contribution in [3.63, 3.8) is 0 Å². The summed E-state index contributed by atoms with van der Waals surface area (Å²) in [5, 5.41) is 8.69. The number of ether oxygens (including phenoxy) is 1. The third kappa shape index (κ3) is 5.41. The lowest BCUT2D eigenvalue weighted by Crippen LogP contribution is -2.10. The van der Waals surface area contributed by atoms with Crippen molar-refractivity contribution in [2.24, 2.45) is 5.73 Å². The molecule has 1 amide bonds. The van der Waals surface area contributed by atoms with Crippen LogP contribution < -0.4 is 10.5 Å². The maximum absolute atomic E-state index is 10.6. The Balaban J connectivity index is 0.000000235. The fourth-order valence-electron chi connectivity index (χ4n) is 1.40. The maximum Gasteiger partial charge on any atom is 0.339 e. The quantitative estimate of drug-likeness (QED) is 0.654. The van der Waals surface area contributed by atoms with E-state index in [1.165, 1.54) is 31.5 Å². The third-order valence-electron chi connectivity index (χ3n) is 2.34. The summed E-state index contributed by atoms with van der Waals surface area (Å²) < 4.78 is 4.69. The van der Waals surface area contributed by atoms with Gasteiger partial charge in [0.15, 0.2) is 0 Å². The number of amides is 1. The zero-order valence-electron chi connectivity index (χ0n) is 11.7. The molecule has 22 heavy (non-hydrogen) atoms. The predicted molar refractivity (Wildman–Crippen MR) is 77.5 cm³/mol. The topological polar surface area (TPSA) is 120 Å². The van der Waals surface area contributed by atoms with Crippen LogP contribution in [0.1, 0.15) is 27.6 Å². The lowest BCUT2D eigenvalue weighted by Gasteiger charge is -2.03. The summed E-state index contributed by atoms with van der Waals surface area (Å²) in [6, 6.07) is 9.12. The van der Waals surface area contributed by atoms with Crippen LogP contribution in [0, 0.1) is 0 Å². The third-order valence-corrected chi connectivity index (χ3v) is 2.34. The molecule has 0 radical (unpaired) electrons. The van der Waals surface area contributed by atoms with Crippen molar-refractivity contribution in [3.8, 4) is 5.75 Å². The molecule has 7 heteroatoms. The minimum absolute atomic E-state index is 0.0160. The van der Waals surface area contributed by atoms with E-state index >= 15 is 0 Å². The average molecular weight is 302 g/mol. The van der Waals surface area contributed by atoms with E-state index in [0.717, 1.165) is 0 Å². The van der Waals surface area contributed by atoms with E-state index < -0.39 is 17.8 Å². The van der Waals surface area contributed by atoms with Crippen molar-refractivity contribution < 1.29 is 24.2 Å². The molecule has 1 heterocycles. The number of esters is 1.